The molecular formula is C15H26N4. The standard InChI is InChI=1S/C15H26N4/c1-10-13(2,3)11(17-16-10)8-9-12-14(4,5)15(6,7)19-18-12/h19H,8-9H2,1-7H3. The lowest BCUT2D eigenvalue weighted by atomic mass is 9.71. The zero-order valence-corrected chi connectivity index (χ0v) is 13.3. The normalized spacial score (nSPS) is 26.6. The van der Waals surface area contributed by atoms with Gasteiger partial charge in [-0.05, 0) is 47.5 Å². The van der Waals surface area contributed by atoms with Crippen LogP contribution in [0.2, 0.25) is 0 Å². The van der Waals surface area contributed by atoms with E-state index in [-0.39, 0.29) is 16.4 Å². The van der Waals surface area contributed by atoms with Crippen LogP contribution in [0.3, 0.4) is 0 Å². The quantitative estimate of drug-likeness (QED) is 0.832. The minimum atomic E-state index is 0.00620. The number of nitrogens with one attached hydrogen (secondary N) is 1. The summed E-state index contributed by atoms with van der Waals surface area (Å²) in [4.78, 5) is 0. The molecule has 0 aliphatic carbocycles. The lowest BCUT2D eigenvalue weighted by Crippen LogP contribution is -2.46. The molecule has 0 aromatic heterocycles. The third-order valence-electron chi connectivity index (χ3n) is 5.30. The fourth-order valence-corrected chi connectivity index (χ4v) is 2.41. The Kier molecular flexibility index (Phi) is 3.11. The van der Waals surface area contributed by atoms with Gasteiger partial charge in [0.05, 0.1) is 11.3 Å². The Hall–Kier alpha value is -1.19. The summed E-state index contributed by atoms with van der Waals surface area (Å²) in [6, 6.07) is 0. The van der Waals surface area contributed by atoms with Crippen molar-refractivity contribution in [3.63, 3.8) is 0 Å². The smallest absolute Gasteiger partial charge is 0.0596 e. The maximum absolute atomic E-state index is 4.54. The zero-order valence-electron chi connectivity index (χ0n) is 13.3. The molecule has 2 aliphatic heterocycles. The van der Waals surface area contributed by atoms with Crippen molar-refractivity contribution in [2.45, 2.75) is 66.8 Å². The van der Waals surface area contributed by atoms with Gasteiger partial charge in [0.2, 0.25) is 0 Å². The van der Waals surface area contributed by atoms with Crippen molar-refractivity contribution in [2.75, 3.05) is 0 Å². The number of hydrogen-bond donors (Lipinski definition) is 1. The lowest BCUT2D eigenvalue weighted by molar-refractivity contribution is 0.264. The molecule has 106 valence electrons. The summed E-state index contributed by atoms with van der Waals surface area (Å²) in [7, 11) is 0. The van der Waals surface area contributed by atoms with Crippen LogP contribution >= 0.6 is 0 Å². The maximum Gasteiger partial charge on any atom is 0.0596 e. The number of hydrogen-bond acceptors (Lipinski definition) is 4. The van der Waals surface area contributed by atoms with E-state index in [1.54, 1.807) is 0 Å². The Bertz CT molecular complexity index is 478. The van der Waals surface area contributed by atoms with Gasteiger partial charge in [-0.1, -0.05) is 13.8 Å². The van der Waals surface area contributed by atoms with Gasteiger partial charge in [0.1, 0.15) is 0 Å². The van der Waals surface area contributed by atoms with Crippen LogP contribution in [0.25, 0.3) is 0 Å². The van der Waals surface area contributed by atoms with E-state index < -0.39 is 0 Å². The molecule has 4 nitrogen and oxygen atoms in total. The van der Waals surface area contributed by atoms with E-state index in [4.69, 9.17) is 0 Å². The van der Waals surface area contributed by atoms with Crippen LogP contribution < -0.4 is 5.43 Å². The molecule has 0 saturated carbocycles. The van der Waals surface area contributed by atoms with Crippen LogP contribution in [0.15, 0.2) is 15.3 Å². The first-order valence-corrected chi connectivity index (χ1v) is 7.05. The van der Waals surface area contributed by atoms with E-state index in [9.17, 15) is 0 Å². The van der Waals surface area contributed by atoms with E-state index in [1.165, 1.54) is 11.4 Å². The van der Waals surface area contributed by atoms with Gasteiger partial charge in [-0.3, -0.25) is 0 Å². The molecule has 4 heteroatoms. The predicted molar refractivity (Wildman–Crippen MR) is 82.0 cm³/mol. The van der Waals surface area contributed by atoms with Crippen LogP contribution in [-0.4, -0.2) is 22.7 Å². The highest BCUT2D eigenvalue weighted by atomic mass is 15.4. The predicted octanol–water partition coefficient (Wildman–Crippen LogP) is 3.39. The second-order valence-corrected chi connectivity index (χ2v) is 7.28. The van der Waals surface area contributed by atoms with Crippen molar-refractivity contribution in [2.24, 2.45) is 26.1 Å². The van der Waals surface area contributed by atoms with E-state index in [2.05, 4.69) is 69.2 Å². The third-order valence-corrected chi connectivity index (χ3v) is 5.30. The lowest BCUT2D eigenvalue weighted by Gasteiger charge is -2.35. The summed E-state index contributed by atoms with van der Waals surface area (Å²) in [5.41, 5.74) is 6.87. The van der Waals surface area contributed by atoms with Crippen molar-refractivity contribution in [3.05, 3.63) is 0 Å². The first kappa shape index (κ1) is 14.2. The second kappa shape index (κ2) is 4.15. The summed E-state index contributed by atoms with van der Waals surface area (Å²) >= 11 is 0. The molecule has 0 aromatic rings. The topological polar surface area (TPSA) is 49.1 Å². The third kappa shape index (κ3) is 2.11. The molecule has 0 bridgehead atoms. The SMILES string of the molecule is CC1=NN=C(CCC2=NNC(C)(C)C2(C)C)C1(C)C. The Labute approximate surface area is 116 Å². The van der Waals surface area contributed by atoms with Gasteiger partial charge in [0.15, 0.2) is 0 Å². The Morgan fingerprint density at radius 2 is 1.47 bits per heavy atom. The number of rotatable bonds is 3. The highest BCUT2D eigenvalue weighted by molar-refractivity contribution is 6.13. The van der Waals surface area contributed by atoms with Crippen LogP contribution in [0.1, 0.15) is 61.3 Å². The largest absolute Gasteiger partial charge is 0.304 e. The first-order valence-electron chi connectivity index (χ1n) is 7.05. The molecule has 1 N–H and O–H groups in total. The number of hydrazone groups is 1. The van der Waals surface area contributed by atoms with Gasteiger partial charge in [0, 0.05) is 22.3 Å². The van der Waals surface area contributed by atoms with E-state index in [0.717, 1.165) is 18.6 Å². The zero-order chi connectivity index (χ0) is 14.5. The average Bonchev–Trinajstić information content (AvgIpc) is 2.64. The number of nitrogens with zero attached hydrogens (tertiary/aromatic N) is 3. The molecule has 0 fully saturated rings. The maximum atomic E-state index is 4.54. The molecule has 2 rings (SSSR count). The Morgan fingerprint density at radius 1 is 0.895 bits per heavy atom. The summed E-state index contributed by atoms with van der Waals surface area (Å²) < 4.78 is 0. The average molecular weight is 262 g/mol. The van der Waals surface area contributed by atoms with Crippen LogP contribution in [0, 0.1) is 10.8 Å². The van der Waals surface area contributed by atoms with Crippen molar-refractivity contribution in [1.82, 2.24) is 5.43 Å². The van der Waals surface area contributed by atoms with Gasteiger partial charge in [-0.2, -0.15) is 15.3 Å². The molecule has 0 unspecified atom stereocenters. The van der Waals surface area contributed by atoms with Crippen LogP contribution in [0.4, 0.5) is 0 Å². The van der Waals surface area contributed by atoms with Crippen molar-refractivity contribution in [1.29, 1.82) is 0 Å². The van der Waals surface area contributed by atoms with Crippen LogP contribution in [0.5, 0.6) is 0 Å². The molecule has 2 aliphatic rings. The minimum Gasteiger partial charge on any atom is -0.304 e. The van der Waals surface area contributed by atoms with Crippen LogP contribution in [-0.2, 0) is 0 Å². The van der Waals surface area contributed by atoms with Gasteiger partial charge < -0.3 is 5.43 Å². The summed E-state index contributed by atoms with van der Waals surface area (Å²) in [5, 5.41) is 13.1. The summed E-state index contributed by atoms with van der Waals surface area (Å²) in [6.07, 6.45) is 1.89. The summed E-state index contributed by atoms with van der Waals surface area (Å²) in [6.45, 7) is 15.4. The molecule has 2 heterocycles. The van der Waals surface area contributed by atoms with Gasteiger partial charge in [-0.15, -0.1) is 0 Å². The monoisotopic (exact) mass is 262 g/mol. The van der Waals surface area contributed by atoms with E-state index in [1.807, 2.05) is 0 Å². The van der Waals surface area contributed by atoms with Gasteiger partial charge in [-0.25, -0.2) is 0 Å². The molecule has 0 saturated heterocycles. The van der Waals surface area contributed by atoms with Crippen molar-refractivity contribution < 1.29 is 0 Å². The Morgan fingerprint density at radius 3 is 1.89 bits per heavy atom. The first-order chi connectivity index (χ1) is 8.59. The fourth-order valence-electron chi connectivity index (χ4n) is 2.41. The summed E-state index contributed by atoms with van der Waals surface area (Å²) in [5.74, 6) is 0. The molecule has 0 spiro atoms. The molecule has 0 atom stereocenters. The van der Waals surface area contributed by atoms with Gasteiger partial charge >= 0.3 is 0 Å². The molecular weight excluding hydrogens is 236 g/mol. The molecule has 19 heavy (non-hydrogen) atoms. The highest BCUT2D eigenvalue weighted by Crippen LogP contribution is 2.38. The van der Waals surface area contributed by atoms with E-state index in [0.29, 0.717) is 0 Å². The van der Waals surface area contributed by atoms with Gasteiger partial charge in [0.25, 0.3) is 0 Å². The Balaban J connectivity index is 2.03. The van der Waals surface area contributed by atoms with E-state index >= 15 is 0 Å². The molecule has 0 amide bonds. The minimum absolute atomic E-state index is 0.00620. The second-order valence-electron chi connectivity index (χ2n) is 7.28. The highest BCUT2D eigenvalue weighted by Gasteiger charge is 2.45. The molecule has 0 aromatic carbocycles. The molecule has 0 radical (unpaired) electrons. The van der Waals surface area contributed by atoms with Crippen molar-refractivity contribution in [3.8, 4) is 0 Å². The fraction of sp³-hybridized carbons (Fsp3) is 0.800. The van der Waals surface area contributed by atoms with Crippen molar-refractivity contribution >= 4 is 17.1 Å².